The van der Waals surface area contributed by atoms with E-state index in [0.29, 0.717) is 6.54 Å². The molecule has 1 aliphatic rings. The van der Waals surface area contributed by atoms with Crippen molar-refractivity contribution in [2.24, 2.45) is 0 Å². The van der Waals surface area contributed by atoms with Crippen LogP contribution in [0.4, 0.5) is 0 Å². The molecule has 3 heteroatoms. The maximum absolute atomic E-state index is 9.80. The van der Waals surface area contributed by atoms with Crippen LogP contribution in [0.25, 0.3) is 0 Å². The fourth-order valence-electron chi connectivity index (χ4n) is 2.76. The molecule has 0 bridgehead atoms. The van der Waals surface area contributed by atoms with E-state index in [1.807, 2.05) is 18.2 Å². The van der Waals surface area contributed by atoms with Gasteiger partial charge in [-0.2, -0.15) is 0 Å². The summed E-state index contributed by atoms with van der Waals surface area (Å²) in [5.41, 5.74) is 2.24. The smallest absolute Gasteiger partial charge is 0.117 e. The first kappa shape index (κ1) is 11.5. The molecule has 3 rings (SSSR count). The maximum atomic E-state index is 9.80. The largest absolute Gasteiger partial charge is 0.468 e. The minimum absolute atomic E-state index is 0.116. The molecule has 0 amide bonds. The van der Waals surface area contributed by atoms with Gasteiger partial charge in [-0.3, -0.25) is 5.32 Å². The first-order valence-electron chi connectivity index (χ1n) is 6.31. The molecule has 3 nitrogen and oxygen atoms in total. The Labute approximate surface area is 106 Å². The Bertz CT molecular complexity index is 521. The summed E-state index contributed by atoms with van der Waals surface area (Å²) in [7, 11) is 0. The van der Waals surface area contributed by atoms with Crippen LogP contribution in [-0.4, -0.2) is 11.7 Å². The van der Waals surface area contributed by atoms with Crippen LogP contribution in [0.2, 0.25) is 0 Å². The van der Waals surface area contributed by atoms with Gasteiger partial charge in [-0.05, 0) is 36.1 Å². The molecular formula is C15H17NO2. The van der Waals surface area contributed by atoms with E-state index in [-0.39, 0.29) is 12.1 Å². The number of nitrogens with one attached hydrogen (secondary N) is 1. The normalized spacial score (nSPS) is 22.1. The molecule has 2 N–H and O–H groups in total. The van der Waals surface area contributed by atoms with E-state index in [2.05, 4.69) is 23.5 Å². The number of hydrogen-bond donors (Lipinski definition) is 2. The van der Waals surface area contributed by atoms with Crippen molar-refractivity contribution in [1.82, 2.24) is 5.32 Å². The Morgan fingerprint density at radius 2 is 2.11 bits per heavy atom. The van der Waals surface area contributed by atoms with E-state index in [0.717, 1.165) is 18.6 Å². The van der Waals surface area contributed by atoms with Gasteiger partial charge in [-0.1, -0.05) is 24.3 Å². The highest BCUT2D eigenvalue weighted by Gasteiger charge is 2.37. The monoisotopic (exact) mass is 243 g/mol. The summed E-state index contributed by atoms with van der Waals surface area (Å²) in [6, 6.07) is 12.2. The van der Waals surface area contributed by atoms with Gasteiger partial charge in [0.2, 0.25) is 0 Å². The van der Waals surface area contributed by atoms with E-state index in [1.54, 1.807) is 6.26 Å². The van der Waals surface area contributed by atoms with Crippen molar-refractivity contribution in [2.75, 3.05) is 6.61 Å². The van der Waals surface area contributed by atoms with Gasteiger partial charge in [0.1, 0.15) is 5.76 Å². The van der Waals surface area contributed by atoms with Crippen molar-refractivity contribution >= 4 is 0 Å². The van der Waals surface area contributed by atoms with Gasteiger partial charge < -0.3 is 9.52 Å². The molecule has 0 unspecified atom stereocenters. The highest BCUT2D eigenvalue weighted by Crippen LogP contribution is 2.36. The summed E-state index contributed by atoms with van der Waals surface area (Å²) in [5.74, 6) is 0.896. The van der Waals surface area contributed by atoms with E-state index < -0.39 is 0 Å². The van der Waals surface area contributed by atoms with Crippen molar-refractivity contribution in [3.63, 3.8) is 0 Å². The highest BCUT2D eigenvalue weighted by molar-refractivity contribution is 5.38. The molecule has 0 aliphatic heterocycles. The van der Waals surface area contributed by atoms with Gasteiger partial charge in [0.25, 0.3) is 0 Å². The van der Waals surface area contributed by atoms with Crippen molar-refractivity contribution in [3.05, 3.63) is 59.5 Å². The lowest BCUT2D eigenvalue weighted by Gasteiger charge is -2.29. The second-order valence-electron chi connectivity index (χ2n) is 4.83. The number of fused-ring (bicyclic) bond motifs is 1. The van der Waals surface area contributed by atoms with Gasteiger partial charge in [-0.15, -0.1) is 0 Å². The van der Waals surface area contributed by atoms with Crippen molar-refractivity contribution in [3.8, 4) is 0 Å². The molecular weight excluding hydrogens is 226 g/mol. The minimum Gasteiger partial charge on any atom is -0.468 e. The zero-order chi connectivity index (χ0) is 12.4. The number of furan rings is 1. The maximum Gasteiger partial charge on any atom is 0.117 e. The first-order valence-corrected chi connectivity index (χ1v) is 6.31. The van der Waals surface area contributed by atoms with Crippen LogP contribution in [0, 0.1) is 0 Å². The zero-order valence-electron chi connectivity index (χ0n) is 10.2. The van der Waals surface area contributed by atoms with Gasteiger partial charge >= 0.3 is 0 Å². The molecule has 1 heterocycles. The molecule has 1 atom stereocenters. The minimum atomic E-state index is -0.316. The fraction of sp³-hybridized carbons (Fsp3) is 0.333. The lowest BCUT2D eigenvalue weighted by molar-refractivity contribution is 0.156. The molecule has 1 aromatic heterocycles. The summed E-state index contributed by atoms with van der Waals surface area (Å²) >= 11 is 0. The lowest BCUT2D eigenvalue weighted by atomic mass is 9.92. The second kappa shape index (κ2) is 4.59. The van der Waals surface area contributed by atoms with E-state index in [9.17, 15) is 5.11 Å². The summed E-state index contributed by atoms with van der Waals surface area (Å²) < 4.78 is 5.33. The number of rotatable bonds is 4. The molecule has 0 saturated heterocycles. The predicted molar refractivity (Wildman–Crippen MR) is 69.1 cm³/mol. The summed E-state index contributed by atoms with van der Waals surface area (Å²) in [6.07, 6.45) is 3.62. The average Bonchev–Trinajstić information content (AvgIpc) is 3.05. The number of hydrogen-bond acceptors (Lipinski definition) is 3. The van der Waals surface area contributed by atoms with Gasteiger partial charge in [-0.25, -0.2) is 0 Å². The molecule has 18 heavy (non-hydrogen) atoms. The molecule has 1 aromatic carbocycles. The molecule has 0 saturated carbocycles. The van der Waals surface area contributed by atoms with E-state index >= 15 is 0 Å². The molecule has 0 fully saturated rings. The predicted octanol–water partition coefficient (Wildman–Crippen LogP) is 2.20. The van der Waals surface area contributed by atoms with Crippen molar-refractivity contribution in [1.29, 1.82) is 0 Å². The van der Waals surface area contributed by atoms with Crippen LogP contribution in [0.1, 0.15) is 23.3 Å². The summed E-state index contributed by atoms with van der Waals surface area (Å²) in [5, 5.41) is 13.3. The summed E-state index contributed by atoms with van der Waals surface area (Å²) in [4.78, 5) is 0. The number of aliphatic hydroxyl groups excluding tert-OH is 1. The Morgan fingerprint density at radius 1 is 1.22 bits per heavy atom. The number of benzene rings is 1. The number of aliphatic hydroxyl groups is 1. The third-order valence-corrected chi connectivity index (χ3v) is 3.81. The molecule has 0 spiro atoms. The van der Waals surface area contributed by atoms with Crippen molar-refractivity contribution in [2.45, 2.75) is 24.9 Å². The Balaban J connectivity index is 1.83. The van der Waals surface area contributed by atoms with Crippen molar-refractivity contribution < 1.29 is 9.52 Å². The van der Waals surface area contributed by atoms with E-state index in [4.69, 9.17) is 4.42 Å². The Hall–Kier alpha value is -1.58. The number of aryl methyl sites for hydroxylation is 1. The van der Waals surface area contributed by atoms with Crippen LogP contribution in [0.15, 0.2) is 47.1 Å². The Kier molecular flexibility index (Phi) is 2.94. The summed E-state index contributed by atoms with van der Waals surface area (Å²) in [6.45, 7) is 0.757. The van der Waals surface area contributed by atoms with E-state index in [1.165, 1.54) is 11.1 Å². The Morgan fingerprint density at radius 3 is 2.89 bits per heavy atom. The van der Waals surface area contributed by atoms with Gasteiger partial charge in [0.05, 0.1) is 25.0 Å². The second-order valence-corrected chi connectivity index (χ2v) is 4.83. The molecule has 1 aliphatic carbocycles. The third kappa shape index (κ3) is 1.85. The standard InChI is InChI=1S/C15H17NO2/c17-11-15(16-10-13-5-3-9-18-13)8-7-12-4-1-2-6-14(12)15/h1-6,9,16-17H,7-8,10-11H2/t15-/m1/s1. The van der Waals surface area contributed by atoms with Gasteiger partial charge in [0, 0.05) is 0 Å². The first-order chi connectivity index (χ1) is 8.84. The molecule has 2 aromatic rings. The quantitative estimate of drug-likeness (QED) is 0.865. The van der Waals surface area contributed by atoms with Gasteiger partial charge in [0.15, 0.2) is 0 Å². The van der Waals surface area contributed by atoms with Crippen LogP contribution >= 0.6 is 0 Å². The lowest BCUT2D eigenvalue weighted by Crippen LogP contribution is -2.43. The van der Waals surface area contributed by atoms with Crippen LogP contribution in [-0.2, 0) is 18.5 Å². The third-order valence-electron chi connectivity index (χ3n) is 3.81. The fourth-order valence-corrected chi connectivity index (χ4v) is 2.76. The van der Waals surface area contributed by atoms with Crippen LogP contribution < -0.4 is 5.32 Å². The van der Waals surface area contributed by atoms with Crippen LogP contribution in [0.3, 0.4) is 0 Å². The molecule has 0 radical (unpaired) electrons. The highest BCUT2D eigenvalue weighted by atomic mass is 16.3. The zero-order valence-corrected chi connectivity index (χ0v) is 10.2. The molecule has 94 valence electrons. The average molecular weight is 243 g/mol. The SMILES string of the molecule is OC[C@]1(NCc2ccco2)CCc2ccccc21. The topological polar surface area (TPSA) is 45.4 Å². The van der Waals surface area contributed by atoms with Crippen LogP contribution in [0.5, 0.6) is 0 Å².